The number of methoxy groups -OCH3 is 1. The molecule has 0 unspecified atom stereocenters. The summed E-state index contributed by atoms with van der Waals surface area (Å²) in [6.45, 7) is 9.11. The number of nitrogens with two attached hydrogens (primary N) is 1. The lowest BCUT2D eigenvalue weighted by Crippen LogP contribution is -2.41. The van der Waals surface area contributed by atoms with E-state index in [2.05, 4.69) is 13.8 Å². The number of nitrogen functional groups attached to an aromatic ring is 1. The minimum atomic E-state index is -2.20. The van der Waals surface area contributed by atoms with Crippen molar-refractivity contribution in [2.45, 2.75) is 51.2 Å². The van der Waals surface area contributed by atoms with E-state index < -0.39 is 8.32 Å². The lowest BCUT2D eigenvalue weighted by molar-refractivity contribution is 0.199. The predicted molar refractivity (Wildman–Crippen MR) is 97.5 cm³/mol. The third-order valence-electron chi connectivity index (χ3n) is 5.36. The minimum absolute atomic E-state index is 0.0190. The molecule has 0 radical (unpaired) electrons. The highest BCUT2D eigenvalue weighted by Crippen LogP contribution is 2.48. The molecule has 1 saturated carbocycles. The van der Waals surface area contributed by atoms with Crippen molar-refractivity contribution >= 4 is 14.0 Å². The highest BCUT2D eigenvalue weighted by molar-refractivity contribution is 6.72. The Kier molecular flexibility index (Phi) is 5.31. The first-order valence-corrected chi connectivity index (χ1v) is 11.4. The van der Waals surface area contributed by atoms with E-state index in [9.17, 15) is 4.80 Å². The first-order valence-electron chi connectivity index (χ1n) is 8.43. The minimum Gasteiger partial charge on any atom is -0.493 e. The van der Waals surface area contributed by atoms with Crippen molar-refractivity contribution in [2.24, 2.45) is 11.8 Å². The Labute approximate surface area is 141 Å². The Morgan fingerprint density at radius 3 is 2.48 bits per heavy atom. The zero-order valence-electron chi connectivity index (χ0n) is 15.1. The van der Waals surface area contributed by atoms with Gasteiger partial charge in [0.2, 0.25) is 0 Å². The Morgan fingerprint density at radius 2 is 1.96 bits per heavy atom. The summed E-state index contributed by atoms with van der Waals surface area (Å²) in [5.74, 6) is 2.62. The summed E-state index contributed by atoms with van der Waals surface area (Å²) < 4.78 is 11.4. The number of anilines is 1. The van der Waals surface area contributed by atoms with Gasteiger partial charge in [0.05, 0.1) is 13.7 Å². The molecule has 1 aliphatic carbocycles. The molecule has 0 aromatic heterocycles. The van der Waals surface area contributed by atoms with Crippen molar-refractivity contribution in [2.75, 3.05) is 19.5 Å². The molecule has 3 N–H and O–H groups in total. The summed E-state index contributed by atoms with van der Waals surface area (Å²) in [4.78, 5) is 10.6. The summed E-state index contributed by atoms with van der Waals surface area (Å²) in [6, 6.07) is 5.49. The summed E-state index contributed by atoms with van der Waals surface area (Å²) in [5, 5.41) is -0.0190. The molecule has 23 heavy (non-hydrogen) atoms. The van der Waals surface area contributed by atoms with Crippen LogP contribution in [-0.4, -0.2) is 26.8 Å². The topological polar surface area (TPSA) is 64.7 Å². The normalized spacial score (nSPS) is 17.0. The maximum Gasteiger partial charge on any atom is 0.188 e. The number of hydrogen-bond donors (Lipinski definition) is 2. The molecule has 0 saturated heterocycles. The van der Waals surface area contributed by atoms with Gasteiger partial charge in [-0.2, -0.15) is 0 Å². The summed E-state index contributed by atoms with van der Waals surface area (Å²) in [7, 11) is -0.568. The lowest BCUT2D eigenvalue weighted by Gasteiger charge is -2.38. The fourth-order valence-corrected chi connectivity index (χ4v) is 3.60. The van der Waals surface area contributed by atoms with E-state index in [1.165, 1.54) is 12.8 Å². The van der Waals surface area contributed by atoms with Gasteiger partial charge in [-0.3, -0.25) is 0 Å². The van der Waals surface area contributed by atoms with Crippen molar-refractivity contribution in [3.8, 4) is 11.5 Å². The lowest BCUT2D eigenvalue weighted by atomic mass is 9.92. The van der Waals surface area contributed by atoms with Gasteiger partial charge in [0.15, 0.2) is 19.8 Å². The van der Waals surface area contributed by atoms with Gasteiger partial charge < -0.3 is 20.0 Å². The molecule has 1 aliphatic rings. The molecular weight excluding hydrogens is 306 g/mol. The van der Waals surface area contributed by atoms with Crippen LogP contribution in [0, 0.1) is 11.8 Å². The monoisotopic (exact) mass is 337 g/mol. The average molecular weight is 338 g/mol. The second-order valence-corrected chi connectivity index (χ2v) is 12.4. The molecule has 4 nitrogen and oxygen atoms in total. The Hall–Kier alpha value is -1.20. The first kappa shape index (κ1) is 18.1. The average Bonchev–Trinajstić information content (AvgIpc) is 3.27. The quantitative estimate of drug-likeness (QED) is 0.555. The summed E-state index contributed by atoms with van der Waals surface area (Å²) >= 11 is 0. The molecule has 1 aromatic rings. The van der Waals surface area contributed by atoms with E-state index in [1.807, 2.05) is 25.2 Å². The van der Waals surface area contributed by atoms with Crippen LogP contribution in [0.4, 0.5) is 5.69 Å². The second kappa shape index (κ2) is 6.73. The standard InChI is InChI=1S/C18H31NO3Si/c1-18(2,23(4,5)20)11-14(13-6-7-13)12-22-16-9-8-15(19)10-17(16)21-3/h8-10,13-14,20H,6-7,11-12,19H2,1-5H3/t14-/m0/s1. The molecular formula is C18H31NO3Si. The number of rotatable bonds is 8. The van der Waals surface area contributed by atoms with Crippen LogP contribution in [0.15, 0.2) is 18.2 Å². The molecule has 0 spiro atoms. The smallest absolute Gasteiger partial charge is 0.188 e. The second-order valence-electron chi connectivity index (χ2n) is 7.97. The maximum atomic E-state index is 10.6. The van der Waals surface area contributed by atoms with Crippen LogP contribution in [0.25, 0.3) is 0 Å². The van der Waals surface area contributed by atoms with E-state index in [4.69, 9.17) is 15.2 Å². The van der Waals surface area contributed by atoms with Crippen LogP contribution >= 0.6 is 0 Å². The van der Waals surface area contributed by atoms with Gasteiger partial charge in [-0.25, -0.2) is 0 Å². The number of hydrogen-bond acceptors (Lipinski definition) is 4. The van der Waals surface area contributed by atoms with Crippen molar-refractivity contribution in [3.05, 3.63) is 18.2 Å². The molecule has 2 rings (SSSR count). The SMILES string of the molecule is COc1cc(N)ccc1OC[C@H](CC(C)(C)[Si](C)(C)O)C1CC1. The predicted octanol–water partition coefficient (Wildman–Crippen LogP) is 4.05. The Balaban J connectivity index is 2.04. The molecule has 0 aliphatic heterocycles. The van der Waals surface area contributed by atoms with Gasteiger partial charge in [0.1, 0.15) is 0 Å². The zero-order chi connectivity index (χ0) is 17.3. The highest BCUT2D eigenvalue weighted by atomic mass is 28.4. The number of benzene rings is 1. The molecule has 1 fully saturated rings. The van der Waals surface area contributed by atoms with Gasteiger partial charge >= 0.3 is 0 Å². The molecule has 0 bridgehead atoms. The van der Waals surface area contributed by atoms with E-state index in [0.29, 0.717) is 24.0 Å². The molecule has 1 atom stereocenters. The van der Waals surface area contributed by atoms with Crippen LogP contribution < -0.4 is 15.2 Å². The van der Waals surface area contributed by atoms with Crippen molar-refractivity contribution in [1.82, 2.24) is 0 Å². The summed E-state index contributed by atoms with van der Waals surface area (Å²) in [6.07, 6.45) is 3.55. The van der Waals surface area contributed by atoms with Crippen molar-refractivity contribution in [3.63, 3.8) is 0 Å². The summed E-state index contributed by atoms with van der Waals surface area (Å²) in [5.41, 5.74) is 6.46. The van der Waals surface area contributed by atoms with E-state index in [-0.39, 0.29) is 5.04 Å². The number of ether oxygens (including phenoxy) is 2. The Bertz CT molecular complexity index is 536. The van der Waals surface area contributed by atoms with Gasteiger partial charge in [0, 0.05) is 11.8 Å². The van der Waals surface area contributed by atoms with E-state index in [1.54, 1.807) is 13.2 Å². The van der Waals surface area contributed by atoms with Crippen molar-refractivity contribution in [1.29, 1.82) is 0 Å². The van der Waals surface area contributed by atoms with Crippen molar-refractivity contribution < 1.29 is 14.3 Å². The van der Waals surface area contributed by atoms with Gasteiger partial charge in [-0.15, -0.1) is 0 Å². The third-order valence-corrected chi connectivity index (χ3v) is 8.87. The van der Waals surface area contributed by atoms with Crippen LogP contribution in [0.2, 0.25) is 18.1 Å². The fraction of sp³-hybridized carbons (Fsp3) is 0.667. The van der Waals surface area contributed by atoms with Crippen LogP contribution in [-0.2, 0) is 0 Å². The Morgan fingerprint density at radius 1 is 1.30 bits per heavy atom. The van der Waals surface area contributed by atoms with E-state index >= 15 is 0 Å². The highest BCUT2D eigenvalue weighted by Gasteiger charge is 2.43. The van der Waals surface area contributed by atoms with E-state index in [0.717, 1.165) is 18.1 Å². The zero-order valence-corrected chi connectivity index (χ0v) is 16.1. The largest absolute Gasteiger partial charge is 0.493 e. The van der Waals surface area contributed by atoms with Gasteiger partial charge in [0.25, 0.3) is 0 Å². The van der Waals surface area contributed by atoms with Crippen LogP contribution in [0.5, 0.6) is 11.5 Å². The fourth-order valence-electron chi connectivity index (χ4n) is 2.83. The molecule has 130 valence electrons. The molecule has 0 heterocycles. The first-order chi connectivity index (χ1) is 10.6. The maximum absolute atomic E-state index is 10.6. The van der Waals surface area contributed by atoms with Crippen LogP contribution in [0.3, 0.4) is 0 Å². The van der Waals surface area contributed by atoms with Crippen LogP contribution in [0.1, 0.15) is 33.1 Å². The molecule has 1 aromatic carbocycles. The molecule has 0 amide bonds. The third kappa shape index (κ3) is 4.64. The van der Waals surface area contributed by atoms with Gasteiger partial charge in [-0.05, 0) is 61.4 Å². The van der Waals surface area contributed by atoms with Gasteiger partial charge in [-0.1, -0.05) is 13.8 Å². The molecule has 5 heteroatoms.